The Kier molecular flexibility index (Phi) is 6.16. The molecule has 144 valence electrons. The fraction of sp³-hybridized carbons (Fsp3) is 0.190. The number of hydrogen-bond acceptors (Lipinski definition) is 5. The summed E-state index contributed by atoms with van der Waals surface area (Å²) in [7, 11) is 0. The minimum Gasteiger partial charge on any atom is -0.501 e. The highest BCUT2D eigenvalue weighted by molar-refractivity contribution is 5.95. The van der Waals surface area contributed by atoms with Crippen molar-refractivity contribution in [2.24, 2.45) is 0 Å². The van der Waals surface area contributed by atoms with Crippen LogP contribution in [0.5, 0.6) is 11.6 Å². The smallest absolute Gasteiger partial charge is 0.274 e. The highest BCUT2D eigenvalue weighted by Gasteiger charge is 2.19. The lowest BCUT2D eigenvalue weighted by Crippen LogP contribution is -2.24. The molecule has 3 N–H and O–H groups in total. The molecule has 0 spiro atoms. The summed E-state index contributed by atoms with van der Waals surface area (Å²) in [4.78, 5) is 20.3. The van der Waals surface area contributed by atoms with Gasteiger partial charge in [-0.25, -0.2) is 9.37 Å². The molecule has 0 saturated carbocycles. The Morgan fingerprint density at radius 2 is 1.64 bits per heavy atom. The number of hydrogen-bond donors (Lipinski definition) is 3. The van der Waals surface area contributed by atoms with Gasteiger partial charge in [0, 0.05) is 13.0 Å². The van der Waals surface area contributed by atoms with Crippen molar-refractivity contribution < 1.29 is 19.4 Å². The molecule has 0 bridgehead atoms. The Morgan fingerprint density at radius 1 is 0.929 bits per heavy atom. The Bertz CT molecular complexity index is 947. The summed E-state index contributed by atoms with van der Waals surface area (Å²) in [6.45, 7) is 0.132. The van der Waals surface area contributed by atoms with E-state index in [1.54, 1.807) is 12.1 Å². The lowest BCUT2D eigenvalue weighted by Gasteiger charge is -2.09. The normalized spacial score (nSPS) is 10.6. The number of carbonyl (C=O) groups is 1. The van der Waals surface area contributed by atoms with Crippen molar-refractivity contribution in [2.75, 3.05) is 0 Å². The fourth-order valence-electron chi connectivity index (χ4n) is 2.72. The third-order valence-electron chi connectivity index (χ3n) is 4.20. The zero-order chi connectivity index (χ0) is 19.9. The number of nitrogens with zero attached hydrogens (tertiary/aromatic N) is 2. The molecular weight excluding hydrogens is 361 g/mol. The molecule has 6 nitrogen and oxygen atoms in total. The third-order valence-corrected chi connectivity index (χ3v) is 4.20. The largest absolute Gasteiger partial charge is 0.501 e. The SMILES string of the molecule is O=C(NCc1ccc(F)cc1)c1nc(CCCc2ccccc2)nc(O)c1O. The molecule has 0 atom stereocenters. The molecule has 28 heavy (non-hydrogen) atoms. The van der Waals surface area contributed by atoms with Crippen LogP contribution in [0.15, 0.2) is 54.6 Å². The van der Waals surface area contributed by atoms with Crippen LogP contribution in [-0.2, 0) is 19.4 Å². The van der Waals surface area contributed by atoms with Gasteiger partial charge in [-0.05, 0) is 36.1 Å². The van der Waals surface area contributed by atoms with Crippen LogP contribution in [0.2, 0.25) is 0 Å². The quantitative estimate of drug-likeness (QED) is 0.584. The Morgan fingerprint density at radius 3 is 2.36 bits per heavy atom. The standard InChI is InChI=1S/C21H20FN3O3/c22-16-11-9-15(10-12-16)13-23-20(27)18-19(26)21(28)25-17(24-18)8-4-7-14-5-2-1-3-6-14/h1-3,5-6,9-12,26H,4,7-8,13H2,(H,23,27)(H,24,25,28). The number of halogens is 1. The summed E-state index contributed by atoms with van der Waals surface area (Å²) >= 11 is 0. The molecule has 1 amide bonds. The summed E-state index contributed by atoms with van der Waals surface area (Å²) in [6, 6.07) is 15.6. The summed E-state index contributed by atoms with van der Waals surface area (Å²) < 4.78 is 12.9. The van der Waals surface area contributed by atoms with Gasteiger partial charge in [0.05, 0.1) is 0 Å². The van der Waals surface area contributed by atoms with E-state index in [1.807, 2.05) is 30.3 Å². The zero-order valence-corrected chi connectivity index (χ0v) is 15.1. The second-order valence-electron chi connectivity index (χ2n) is 6.31. The minimum atomic E-state index is -0.664. The van der Waals surface area contributed by atoms with Gasteiger partial charge < -0.3 is 15.5 Å². The number of benzene rings is 2. The topological polar surface area (TPSA) is 95.3 Å². The van der Waals surface area contributed by atoms with E-state index < -0.39 is 17.5 Å². The number of aryl methyl sites for hydroxylation is 2. The first-order chi connectivity index (χ1) is 13.5. The second kappa shape index (κ2) is 8.94. The number of nitrogens with one attached hydrogen (secondary N) is 1. The van der Waals surface area contributed by atoms with E-state index in [-0.39, 0.29) is 23.9 Å². The van der Waals surface area contributed by atoms with Crippen LogP contribution >= 0.6 is 0 Å². The highest BCUT2D eigenvalue weighted by atomic mass is 19.1. The maximum absolute atomic E-state index is 12.9. The van der Waals surface area contributed by atoms with Gasteiger partial charge in [-0.3, -0.25) is 4.79 Å². The number of amides is 1. The van der Waals surface area contributed by atoms with E-state index in [1.165, 1.54) is 17.7 Å². The Balaban J connectivity index is 1.64. The maximum Gasteiger partial charge on any atom is 0.274 e. The molecule has 0 aliphatic rings. The first-order valence-electron chi connectivity index (χ1n) is 8.88. The van der Waals surface area contributed by atoms with Crippen molar-refractivity contribution in [3.63, 3.8) is 0 Å². The lowest BCUT2D eigenvalue weighted by atomic mass is 10.1. The van der Waals surface area contributed by atoms with Crippen LogP contribution in [0.1, 0.15) is 33.9 Å². The molecule has 3 aromatic rings. The number of aromatic nitrogens is 2. The summed E-state index contributed by atoms with van der Waals surface area (Å²) in [6.07, 6.45) is 1.98. The predicted octanol–water partition coefficient (Wildman–Crippen LogP) is 3.13. The number of rotatable bonds is 7. The average molecular weight is 381 g/mol. The van der Waals surface area contributed by atoms with Gasteiger partial charge in [0.2, 0.25) is 5.75 Å². The Hall–Kier alpha value is -3.48. The van der Waals surface area contributed by atoms with E-state index in [9.17, 15) is 19.4 Å². The minimum absolute atomic E-state index is 0.132. The molecule has 2 aromatic carbocycles. The zero-order valence-electron chi connectivity index (χ0n) is 15.1. The van der Waals surface area contributed by atoms with Crippen LogP contribution in [0.25, 0.3) is 0 Å². The maximum atomic E-state index is 12.9. The van der Waals surface area contributed by atoms with Gasteiger partial charge in [0.15, 0.2) is 5.69 Å². The van der Waals surface area contributed by atoms with Crippen molar-refractivity contribution in [3.05, 3.63) is 83.1 Å². The number of carbonyl (C=O) groups excluding carboxylic acids is 1. The average Bonchev–Trinajstić information content (AvgIpc) is 2.70. The van der Waals surface area contributed by atoms with E-state index in [0.717, 1.165) is 12.8 Å². The first-order valence-corrected chi connectivity index (χ1v) is 8.88. The summed E-state index contributed by atoms with van der Waals surface area (Å²) in [5.41, 5.74) is 1.57. The third kappa shape index (κ3) is 5.03. The van der Waals surface area contributed by atoms with Gasteiger partial charge in [-0.2, -0.15) is 4.98 Å². The van der Waals surface area contributed by atoms with Crippen LogP contribution < -0.4 is 5.32 Å². The van der Waals surface area contributed by atoms with Crippen LogP contribution in [-0.4, -0.2) is 26.1 Å². The van der Waals surface area contributed by atoms with E-state index in [4.69, 9.17) is 0 Å². The molecule has 0 unspecified atom stereocenters. The Labute approximate surface area is 161 Å². The van der Waals surface area contributed by atoms with Gasteiger partial charge in [-0.1, -0.05) is 42.5 Å². The number of aromatic hydroxyl groups is 2. The monoisotopic (exact) mass is 381 g/mol. The van der Waals surface area contributed by atoms with E-state index in [0.29, 0.717) is 12.0 Å². The van der Waals surface area contributed by atoms with Gasteiger partial charge in [0.1, 0.15) is 11.6 Å². The molecule has 1 heterocycles. The van der Waals surface area contributed by atoms with Crippen molar-refractivity contribution in [1.82, 2.24) is 15.3 Å². The molecule has 1 aromatic heterocycles. The molecule has 0 aliphatic carbocycles. The fourth-order valence-corrected chi connectivity index (χ4v) is 2.72. The van der Waals surface area contributed by atoms with Crippen LogP contribution in [0.3, 0.4) is 0 Å². The van der Waals surface area contributed by atoms with Gasteiger partial charge in [0.25, 0.3) is 11.8 Å². The lowest BCUT2D eigenvalue weighted by molar-refractivity contribution is 0.0941. The first kappa shape index (κ1) is 19.3. The van der Waals surface area contributed by atoms with Crippen LogP contribution in [0.4, 0.5) is 4.39 Å². The highest BCUT2D eigenvalue weighted by Crippen LogP contribution is 2.25. The molecule has 0 radical (unpaired) electrons. The van der Waals surface area contributed by atoms with E-state index >= 15 is 0 Å². The molecule has 7 heteroatoms. The van der Waals surface area contributed by atoms with Crippen molar-refractivity contribution in [2.45, 2.75) is 25.8 Å². The van der Waals surface area contributed by atoms with Gasteiger partial charge >= 0.3 is 0 Å². The van der Waals surface area contributed by atoms with Crippen LogP contribution in [0, 0.1) is 5.82 Å². The second-order valence-corrected chi connectivity index (χ2v) is 6.31. The molecule has 0 fully saturated rings. The molecule has 0 aliphatic heterocycles. The molecular formula is C21H20FN3O3. The van der Waals surface area contributed by atoms with E-state index in [2.05, 4.69) is 15.3 Å². The predicted molar refractivity (Wildman–Crippen MR) is 101 cm³/mol. The van der Waals surface area contributed by atoms with Crippen molar-refractivity contribution in [1.29, 1.82) is 0 Å². The molecule has 0 saturated heterocycles. The molecule has 3 rings (SSSR count). The van der Waals surface area contributed by atoms with Crippen molar-refractivity contribution >= 4 is 5.91 Å². The summed E-state index contributed by atoms with van der Waals surface area (Å²) in [5, 5.41) is 22.4. The van der Waals surface area contributed by atoms with Gasteiger partial charge in [-0.15, -0.1) is 0 Å². The summed E-state index contributed by atoms with van der Waals surface area (Å²) in [5.74, 6) is -2.03. The van der Waals surface area contributed by atoms with Crippen molar-refractivity contribution in [3.8, 4) is 11.6 Å².